The van der Waals surface area contributed by atoms with E-state index in [0.717, 1.165) is 6.26 Å². The monoisotopic (exact) mass is 454 g/mol. The fourth-order valence-electron chi connectivity index (χ4n) is 3.18. The van der Waals surface area contributed by atoms with Gasteiger partial charge in [0.25, 0.3) is 11.8 Å². The number of rotatable bonds is 3. The van der Waals surface area contributed by atoms with Crippen molar-refractivity contribution in [3.8, 4) is 0 Å². The summed E-state index contributed by atoms with van der Waals surface area (Å²) in [5.41, 5.74) is 1.38. The second-order valence-corrected chi connectivity index (χ2v) is 9.74. The van der Waals surface area contributed by atoms with Gasteiger partial charge >= 0.3 is 0 Å². The number of carbonyl (C=O) groups excluding carboxylic acids is 2. The molecular formula is C20H20Cl2N2O4S. The van der Waals surface area contributed by atoms with Crippen LogP contribution in [0.1, 0.15) is 26.3 Å². The van der Waals surface area contributed by atoms with Crippen molar-refractivity contribution >= 4 is 44.9 Å². The van der Waals surface area contributed by atoms with Crippen LogP contribution in [0.4, 0.5) is 0 Å². The molecule has 0 radical (unpaired) electrons. The maximum Gasteiger partial charge on any atom is 0.255 e. The molecule has 2 aromatic carbocycles. The molecule has 2 aromatic rings. The van der Waals surface area contributed by atoms with Gasteiger partial charge in [-0.25, -0.2) is 8.42 Å². The van der Waals surface area contributed by atoms with E-state index in [1.807, 2.05) is 0 Å². The molecule has 0 bridgehead atoms. The summed E-state index contributed by atoms with van der Waals surface area (Å²) in [6, 6.07) is 9.44. The zero-order valence-corrected chi connectivity index (χ0v) is 18.3. The van der Waals surface area contributed by atoms with Crippen LogP contribution in [0, 0.1) is 6.92 Å². The number of carbonyl (C=O) groups is 2. The molecule has 29 heavy (non-hydrogen) atoms. The summed E-state index contributed by atoms with van der Waals surface area (Å²) >= 11 is 12.1. The Morgan fingerprint density at radius 1 is 0.897 bits per heavy atom. The van der Waals surface area contributed by atoms with Crippen LogP contribution in [0.5, 0.6) is 0 Å². The summed E-state index contributed by atoms with van der Waals surface area (Å²) < 4.78 is 23.6. The smallest absolute Gasteiger partial charge is 0.255 e. The van der Waals surface area contributed by atoms with Crippen LogP contribution >= 0.6 is 23.2 Å². The van der Waals surface area contributed by atoms with E-state index < -0.39 is 9.84 Å². The van der Waals surface area contributed by atoms with E-state index >= 15 is 0 Å². The first-order valence-electron chi connectivity index (χ1n) is 8.93. The fourth-order valence-corrected chi connectivity index (χ4v) is 4.21. The summed E-state index contributed by atoms with van der Waals surface area (Å²) in [6.07, 6.45) is 1.11. The van der Waals surface area contributed by atoms with E-state index in [1.165, 1.54) is 12.1 Å². The van der Waals surface area contributed by atoms with Crippen molar-refractivity contribution in [2.24, 2.45) is 0 Å². The van der Waals surface area contributed by atoms with E-state index in [1.54, 1.807) is 41.0 Å². The number of amides is 2. The van der Waals surface area contributed by atoms with E-state index in [-0.39, 0.29) is 21.7 Å². The van der Waals surface area contributed by atoms with E-state index in [4.69, 9.17) is 23.2 Å². The van der Waals surface area contributed by atoms with Gasteiger partial charge in [0.2, 0.25) is 0 Å². The average molecular weight is 455 g/mol. The van der Waals surface area contributed by atoms with Crippen LogP contribution < -0.4 is 0 Å². The first-order chi connectivity index (χ1) is 13.6. The highest BCUT2D eigenvalue weighted by Crippen LogP contribution is 2.27. The van der Waals surface area contributed by atoms with Crippen molar-refractivity contribution in [3.63, 3.8) is 0 Å². The predicted molar refractivity (Wildman–Crippen MR) is 113 cm³/mol. The number of halogens is 2. The van der Waals surface area contributed by atoms with Gasteiger partial charge in [0.05, 0.1) is 20.5 Å². The lowest BCUT2D eigenvalue weighted by Gasteiger charge is -2.35. The Bertz CT molecular complexity index is 1080. The second kappa shape index (κ2) is 8.34. The summed E-state index contributed by atoms with van der Waals surface area (Å²) in [6.45, 7) is 3.13. The van der Waals surface area contributed by atoms with Crippen LogP contribution in [0.25, 0.3) is 0 Å². The molecule has 1 aliphatic heterocycles. The molecule has 2 amide bonds. The largest absolute Gasteiger partial charge is 0.335 e. The molecule has 1 saturated heterocycles. The van der Waals surface area contributed by atoms with Crippen LogP contribution in [-0.2, 0) is 9.84 Å². The first kappa shape index (κ1) is 21.6. The number of hydrogen-bond acceptors (Lipinski definition) is 4. The lowest BCUT2D eigenvalue weighted by Crippen LogP contribution is -2.50. The quantitative estimate of drug-likeness (QED) is 0.712. The van der Waals surface area contributed by atoms with Crippen molar-refractivity contribution in [1.29, 1.82) is 0 Å². The normalized spacial score (nSPS) is 14.8. The van der Waals surface area contributed by atoms with Gasteiger partial charge < -0.3 is 9.80 Å². The minimum Gasteiger partial charge on any atom is -0.335 e. The lowest BCUT2D eigenvalue weighted by molar-refractivity contribution is 0.0535. The maximum absolute atomic E-state index is 12.9. The third kappa shape index (κ3) is 4.57. The molecule has 3 rings (SSSR count). The third-order valence-corrected chi connectivity index (χ3v) is 6.83. The van der Waals surface area contributed by atoms with Gasteiger partial charge in [-0.05, 0) is 36.8 Å². The standard InChI is InChI=1S/C20H20Cl2N2O4S/c1-13-6-7-14(29(2,27)28)12-16(13)20(26)24-10-8-23(9-11-24)19(25)15-4-3-5-17(21)18(15)22/h3-7,12H,8-11H2,1-2H3. The van der Waals surface area contributed by atoms with E-state index in [9.17, 15) is 18.0 Å². The summed E-state index contributed by atoms with van der Waals surface area (Å²) in [4.78, 5) is 29.0. The van der Waals surface area contributed by atoms with Crippen molar-refractivity contribution in [2.75, 3.05) is 32.4 Å². The zero-order valence-electron chi connectivity index (χ0n) is 16.0. The predicted octanol–water partition coefficient (Wildman–Crippen LogP) is 3.30. The van der Waals surface area contributed by atoms with Gasteiger partial charge in [0, 0.05) is 38.0 Å². The number of sulfone groups is 1. The van der Waals surface area contributed by atoms with Crippen LogP contribution in [0.2, 0.25) is 10.0 Å². The highest BCUT2D eigenvalue weighted by atomic mass is 35.5. The van der Waals surface area contributed by atoms with Crippen molar-refractivity contribution in [1.82, 2.24) is 9.80 Å². The number of hydrogen-bond donors (Lipinski definition) is 0. The van der Waals surface area contributed by atoms with Crippen LogP contribution in [0.15, 0.2) is 41.3 Å². The number of benzene rings is 2. The molecule has 0 aliphatic carbocycles. The average Bonchev–Trinajstić information content (AvgIpc) is 2.68. The number of aryl methyl sites for hydroxylation is 1. The Kier molecular flexibility index (Phi) is 6.22. The first-order valence-corrected chi connectivity index (χ1v) is 11.6. The summed E-state index contributed by atoms with van der Waals surface area (Å²) in [5, 5.41) is 0.526. The summed E-state index contributed by atoms with van der Waals surface area (Å²) in [5.74, 6) is -0.485. The van der Waals surface area contributed by atoms with Crippen LogP contribution in [0.3, 0.4) is 0 Å². The SMILES string of the molecule is Cc1ccc(S(C)(=O)=O)cc1C(=O)N1CCN(C(=O)c2cccc(Cl)c2Cl)CC1. The minimum atomic E-state index is -3.41. The Balaban J connectivity index is 1.73. The molecule has 0 unspecified atom stereocenters. The van der Waals surface area contributed by atoms with Gasteiger partial charge in [-0.15, -0.1) is 0 Å². The maximum atomic E-state index is 12.9. The van der Waals surface area contributed by atoms with Crippen LogP contribution in [-0.4, -0.2) is 62.5 Å². The van der Waals surface area contributed by atoms with Gasteiger partial charge in [0.15, 0.2) is 9.84 Å². The third-order valence-electron chi connectivity index (χ3n) is 4.90. The van der Waals surface area contributed by atoms with Crippen molar-refractivity contribution in [3.05, 3.63) is 63.1 Å². The topological polar surface area (TPSA) is 74.8 Å². The number of nitrogens with zero attached hydrogens (tertiary/aromatic N) is 2. The fraction of sp³-hybridized carbons (Fsp3) is 0.300. The van der Waals surface area contributed by atoms with Gasteiger partial charge in [-0.2, -0.15) is 0 Å². The van der Waals surface area contributed by atoms with Gasteiger partial charge in [-0.1, -0.05) is 35.3 Å². The highest BCUT2D eigenvalue weighted by molar-refractivity contribution is 7.90. The van der Waals surface area contributed by atoms with Gasteiger partial charge in [0.1, 0.15) is 0 Å². The van der Waals surface area contributed by atoms with Crippen molar-refractivity contribution < 1.29 is 18.0 Å². The van der Waals surface area contributed by atoms with Gasteiger partial charge in [-0.3, -0.25) is 9.59 Å². The van der Waals surface area contributed by atoms with Crippen molar-refractivity contribution in [2.45, 2.75) is 11.8 Å². The molecule has 154 valence electrons. The molecule has 0 spiro atoms. The molecule has 0 saturated carbocycles. The Morgan fingerprint density at radius 3 is 2.00 bits per heavy atom. The molecule has 0 atom stereocenters. The molecule has 0 N–H and O–H groups in total. The summed E-state index contributed by atoms with van der Waals surface area (Å²) in [7, 11) is -3.41. The lowest BCUT2D eigenvalue weighted by atomic mass is 10.1. The van der Waals surface area contributed by atoms with E-state index in [0.29, 0.717) is 47.9 Å². The Morgan fingerprint density at radius 2 is 1.45 bits per heavy atom. The highest BCUT2D eigenvalue weighted by Gasteiger charge is 2.28. The molecular weight excluding hydrogens is 435 g/mol. The molecule has 1 aliphatic rings. The minimum absolute atomic E-state index is 0.107. The van der Waals surface area contributed by atoms with E-state index in [2.05, 4.69) is 0 Å². The molecule has 0 aromatic heterocycles. The molecule has 9 heteroatoms. The molecule has 1 fully saturated rings. The molecule has 6 nitrogen and oxygen atoms in total. The zero-order chi connectivity index (χ0) is 21.3. The second-order valence-electron chi connectivity index (χ2n) is 6.93. The number of piperazine rings is 1. The Labute approximate surface area is 179 Å². The Hall–Kier alpha value is -2.09. The molecule has 1 heterocycles.